The van der Waals surface area contributed by atoms with Crippen LogP contribution in [0.15, 0.2) is 0 Å². The Hall–Kier alpha value is 0. The lowest BCUT2D eigenvalue weighted by molar-refractivity contribution is 0.347. The van der Waals surface area contributed by atoms with Crippen LogP contribution in [-0.4, -0.2) is 0 Å². The Kier molecular flexibility index (Phi) is 3.24. The third-order valence-corrected chi connectivity index (χ3v) is 2.56. The lowest BCUT2D eigenvalue weighted by Crippen LogP contribution is -2.12. The molecule has 0 spiro atoms. The first-order chi connectivity index (χ1) is 4.83. The zero-order chi connectivity index (χ0) is 7.40. The van der Waals surface area contributed by atoms with Crippen molar-refractivity contribution in [3.63, 3.8) is 0 Å². The van der Waals surface area contributed by atoms with E-state index in [-0.39, 0.29) is 0 Å². The molecule has 2 atom stereocenters. The molecule has 0 heteroatoms. The van der Waals surface area contributed by atoms with Gasteiger partial charge in [0, 0.05) is 0 Å². The van der Waals surface area contributed by atoms with E-state index in [1.165, 1.54) is 32.1 Å². The maximum absolute atomic E-state index is 2.54. The smallest absolute Gasteiger partial charge is 0.0352 e. The van der Waals surface area contributed by atoms with Crippen LogP contribution in [0.25, 0.3) is 0 Å². The van der Waals surface area contributed by atoms with Gasteiger partial charge in [-0.2, -0.15) is 0 Å². The van der Waals surface area contributed by atoms with Crippen molar-refractivity contribution in [2.45, 2.75) is 46.0 Å². The third-order valence-electron chi connectivity index (χ3n) is 2.56. The second-order valence-corrected chi connectivity index (χ2v) is 3.70. The number of hydrogen-bond donors (Lipinski definition) is 0. The molecular weight excluding hydrogens is 120 g/mol. The minimum atomic E-state index is 0.959. The Labute approximate surface area is 65.0 Å². The molecule has 1 aliphatic rings. The fourth-order valence-electron chi connectivity index (χ4n) is 1.79. The Balaban J connectivity index is 2.13. The van der Waals surface area contributed by atoms with Gasteiger partial charge in [0.15, 0.2) is 0 Å². The van der Waals surface area contributed by atoms with Crippen molar-refractivity contribution < 1.29 is 0 Å². The van der Waals surface area contributed by atoms with Crippen LogP contribution in [0.4, 0.5) is 0 Å². The van der Waals surface area contributed by atoms with Crippen molar-refractivity contribution in [2.75, 3.05) is 0 Å². The molecular formula is C10H19. The fourth-order valence-corrected chi connectivity index (χ4v) is 1.79. The van der Waals surface area contributed by atoms with Gasteiger partial charge in [0.2, 0.25) is 0 Å². The van der Waals surface area contributed by atoms with Gasteiger partial charge in [-0.1, -0.05) is 33.1 Å². The van der Waals surface area contributed by atoms with Crippen molar-refractivity contribution in [1.82, 2.24) is 0 Å². The maximum Gasteiger partial charge on any atom is -0.0352 e. The summed E-state index contributed by atoms with van der Waals surface area (Å²) in [4.78, 5) is 0. The van der Waals surface area contributed by atoms with E-state index in [1.807, 2.05) is 0 Å². The molecule has 0 aromatic heterocycles. The highest BCUT2D eigenvalue weighted by Crippen LogP contribution is 2.29. The van der Waals surface area contributed by atoms with E-state index in [4.69, 9.17) is 0 Å². The minimum Gasteiger partial charge on any atom is -0.0654 e. The zero-order valence-corrected chi connectivity index (χ0v) is 7.27. The van der Waals surface area contributed by atoms with Crippen LogP contribution in [0.5, 0.6) is 0 Å². The Morgan fingerprint density at radius 1 is 1.40 bits per heavy atom. The highest BCUT2D eigenvalue weighted by molar-refractivity contribution is 4.83. The molecule has 1 radical (unpaired) electrons. The molecule has 0 nitrogen and oxygen atoms in total. The minimum absolute atomic E-state index is 0.959. The first kappa shape index (κ1) is 8.10. The highest BCUT2D eigenvalue weighted by atomic mass is 14.2. The van der Waals surface area contributed by atoms with Gasteiger partial charge in [-0.25, -0.2) is 0 Å². The highest BCUT2D eigenvalue weighted by Gasteiger charge is 2.16. The molecule has 0 N–H and O–H groups in total. The summed E-state index contributed by atoms with van der Waals surface area (Å²) in [5, 5.41) is 0. The van der Waals surface area contributed by atoms with E-state index in [2.05, 4.69) is 20.3 Å². The van der Waals surface area contributed by atoms with Gasteiger partial charge in [0.05, 0.1) is 0 Å². The van der Waals surface area contributed by atoms with Crippen LogP contribution in [0, 0.1) is 18.3 Å². The Bertz CT molecular complexity index is 78.0. The summed E-state index contributed by atoms with van der Waals surface area (Å²) >= 11 is 0. The summed E-state index contributed by atoms with van der Waals surface area (Å²) in [6.45, 7) is 4.64. The normalized spacial score (nSPS) is 34.2. The van der Waals surface area contributed by atoms with Gasteiger partial charge >= 0.3 is 0 Å². The van der Waals surface area contributed by atoms with E-state index in [9.17, 15) is 0 Å². The lowest BCUT2D eigenvalue weighted by Gasteiger charge is -2.25. The van der Waals surface area contributed by atoms with Crippen molar-refractivity contribution in [1.29, 1.82) is 0 Å². The predicted octanol–water partition coefficient (Wildman–Crippen LogP) is 3.43. The summed E-state index contributed by atoms with van der Waals surface area (Å²) in [6, 6.07) is 0. The quantitative estimate of drug-likeness (QED) is 0.550. The largest absolute Gasteiger partial charge is 0.0654 e. The summed E-state index contributed by atoms with van der Waals surface area (Å²) < 4.78 is 0. The second kappa shape index (κ2) is 4.00. The maximum atomic E-state index is 2.54. The van der Waals surface area contributed by atoms with Crippen molar-refractivity contribution in [2.24, 2.45) is 11.8 Å². The van der Waals surface area contributed by atoms with Crippen LogP contribution in [0.3, 0.4) is 0 Å². The molecule has 1 fully saturated rings. The van der Waals surface area contributed by atoms with Gasteiger partial charge in [-0.15, -0.1) is 0 Å². The molecule has 0 unspecified atom stereocenters. The van der Waals surface area contributed by atoms with Crippen LogP contribution >= 0.6 is 0 Å². The molecule has 0 aromatic rings. The van der Waals surface area contributed by atoms with E-state index in [0.29, 0.717) is 0 Å². The molecule has 0 saturated heterocycles. The summed E-state index contributed by atoms with van der Waals surface area (Å²) in [7, 11) is 0. The molecule has 10 heavy (non-hydrogen) atoms. The molecule has 0 amide bonds. The zero-order valence-electron chi connectivity index (χ0n) is 7.27. The second-order valence-electron chi connectivity index (χ2n) is 3.70. The molecule has 0 aromatic carbocycles. The number of hydrogen-bond acceptors (Lipinski definition) is 0. The topological polar surface area (TPSA) is 0 Å². The Morgan fingerprint density at radius 3 is 2.70 bits per heavy atom. The van der Waals surface area contributed by atoms with E-state index in [0.717, 1.165) is 11.8 Å². The summed E-state index contributed by atoms with van der Waals surface area (Å²) in [5.74, 6) is 1.93. The van der Waals surface area contributed by atoms with Crippen LogP contribution in [0.2, 0.25) is 0 Å². The van der Waals surface area contributed by atoms with Crippen LogP contribution < -0.4 is 0 Å². The molecule has 0 aliphatic heterocycles. The standard InChI is InChI=1S/C10H19/c1-3-4-10-7-5-9(2)6-8-10/h7,9-10H,3-6,8H2,1-2H3/t9-,10-/m1/s1. The molecule has 1 rings (SSSR count). The summed E-state index contributed by atoms with van der Waals surface area (Å²) in [5.41, 5.74) is 0. The predicted molar refractivity (Wildman–Crippen MR) is 45.7 cm³/mol. The molecule has 1 aliphatic carbocycles. The average Bonchev–Trinajstić information content (AvgIpc) is 1.95. The van der Waals surface area contributed by atoms with Gasteiger partial charge in [-0.3, -0.25) is 0 Å². The van der Waals surface area contributed by atoms with E-state index >= 15 is 0 Å². The Morgan fingerprint density at radius 2 is 2.20 bits per heavy atom. The van der Waals surface area contributed by atoms with Crippen LogP contribution in [0.1, 0.15) is 46.0 Å². The van der Waals surface area contributed by atoms with Gasteiger partial charge in [-0.05, 0) is 31.1 Å². The van der Waals surface area contributed by atoms with Crippen molar-refractivity contribution in [3.05, 3.63) is 6.42 Å². The molecule has 1 saturated carbocycles. The fraction of sp³-hybridized carbons (Fsp3) is 0.900. The SMILES string of the molecule is CCC[C@@H]1[CH]C[C@@H](C)CC1. The monoisotopic (exact) mass is 139 g/mol. The van der Waals surface area contributed by atoms with Gasteiger partial charge in [0.1, 0.15) is 0 Å². The lowest BCUT2D eigenvalue weighted by atomic mass is 9.81. The van der Waals surface area contributed by atoms with Crippen molar-refractivity contribution >= 4 is 0 Å². The molecule has 0 heterocycles. The van der Waals surface area contributed by atoms with E-state index in [1.54, 1.807) is 0 Å². The van der Waals surface area contributed by atoms with Gasteiger partial charge in [0.25, 0.3) is 0 Å². The number of rotatable bonds is 2. The van der Waals surface area contributed by atoms with E-state index < -0.39 is 0 Å². The van der Waals surface area contributed by atoms with Crippen molar-refractivity contribution in [3.8, 4) is 0 Å². The van der Waals surface area contributed by atoms with Crippen LogP contribution in [-0.2, 0) is 0 Å². The third kappa shape index (κ3) is 2.32. The first-order valence-electron chi connectivity index (χ1n) is 4.66. The van der Waals surface area contributed by atoms with Gasteiger partial charge < -0.3 is 0 Å². The molecule has 0 bridgehead atoms. The summed E-state index contributed by atoms with van der Waals surface area (Å²) in [6.07, 6.45) is 9.60. The average molecular weight is 139 g/mol. The first-order valence-corrected chi connectivity index (χ1v) is 4.66. The molecule has 59 valence electrons.